The van der Waals surface area contributed by atoms with Crippen molar-refractivity contribution in [2.75, 3.05) is 23.8 Å². The smallest absolute Gasteiger partial charge is 0.152 e. The van der Waals surface area contributed by atoms with Gasteiger partial charge in [0.1, 0.15) is 0 Å². The number of hydrogen-bond acceptors (Lipinski definition) is 4. The van der Waals surface area contributed by atoms with Gasteiger partial charge in [0.05, 0.1) is 12.3 Å². The van der Waals surface area contributed by atoms with Crippen molar-refractivity contribution < 1.29 is 5.11 Å². The molecule has 0 spiro atoms. The minimum Gasteiger partial charge on any atom is -0.396 e. The Bertz CT molecular complexity index is 394. The molecule has 4 nitrogen and oxygen atoms in total. The number of halogens is 1. The van der Waals surface area contributed by atoms with E-state index in [0.29, 0.717) is 18.3 Å². The van der Waals surface area contributed by atoms with Crippen LogP contribution in [-0.2, 0) is 0 Å². The second kappa shape index (κ2) is 6.38. The maximum Gasteiger partial charge on any atom is 0.152 e. The summed E-state index contributed by atoms with van der Waals surface area (Å²) in [7, 11) is 0. The van der Waals surface area contributed by atoms with E-state index in [2.05, 4.69) is 25.8 Å². The van der Waals surface area contributed by atoms with Gasteiger partial charge in [-0.2, -0.15) is 0 Å². The summed E-state index contributed by atoms with van der Waals surface area (Å²) in [6, 6.07) is 2.33. The topological polar surface area (TPSA) is 62.4 Å². The summed E-state index contributed by atoms with van der Waals surface area (Å²) in [5.74, 6) is 0.805. The van der Waals surface area contributed by atoms with Crippen LogP contribution >= 0.6 is 15.9 Å². The van der Waals surface area contributed by atoms with Gasteiger partial charge in [-0.1, -0.05) is 19.3 Å². The Morgan fingerprint density at radius 2 is 2.11 bits per heavy atom. The normalized spacial score (nSPS) is 16.8. The highest BCUT2D eigenvalue weighted by atomic mass is 79.9. The molecule has 3 N–H and O–H groups in total. The number of anilines is 2. The van der Waals surface area contributed by atoms with Crippen molar-refractivity contribution in [1.29, 1.82) is 0 Å². The van der Waals surface area contributed by atoms with Crippen LogP contribution in [0.4, 0.5) is 11.5 Å². The molecule has 1 aromatic heterocycles. The average molecular weight is 314 g/mol. The van der Waals surface area contributed by atoms with E-state index in [4.69, 9.17) is 5.73 Å². The van der Waals surface area contributed by atoms with E-state index in [1.165, 1.54) is 19.3 Å². The van der Waals surface area contributed by atoms with Crippen LogP contribution in [0, 0.1) is 0 Å². The van der Waals surface area contributed by atoms with Crippen molar-refractivity contribution in [2.45, 2.75) is 38.1 Å². The van der Waals surface area contributed by atoms with Crippen LogP contribution in [0.15, 0.2) is 16.7 Å². The first-order valence-electron chi connectivity index (χ1n) is 6.51. The lowest BCUT2D eigenvalue weighted by molar-refractivity contribution is 0.289. The van der Waals surface area contributed by atoms with Gasteiger partial charge in [0.15, 0.2) is 5.82 Å². The molecule has 1 heterocycles. The van der Waals surface area contributed by atoms with E-state index < -0.39 is 0 Å². The molecule has 0 atom stereocenters. The second-order valence-corrected chi connectivity index (χ2v) is 5.69. The third kappa shape index (κ3) is 3.14. The van der Waals surface area contributed by atoms with Crippen LogP contribution in [-0.4, -0.2) is 29.3 Å². The van der Waals surface area contributed by atoms with Crippen molar-refractivity contribution >= 4 is 27.4 Å². The number of pyridine rings is 1. The van der Waals surface area contributed by atoms with E-state index in [0.717, 1.165) is 23.1 Å². The molecule has 1 aliphatic carbocycles. The molecule has 5 heteroatoms. The SMILES string of the molecule is Nc1cc(Br)cnc1N(CCO)C1CCCCC1. The number of hydrogen-bond donors (Lipinski definition) is 2. The number of aliphatic hydroxyl groups is 1. The highest BCUT2D eigenvalue weighted by molar-refractivity contribution is 9.10. The Balaban J connectivity index is 2.22. The number of nitrogens with two attached hydrogens (primary N) is 1. The maximum atomic E-state index is 9.25. The van der Waals surface area contributed by atoms with Gasteiger partial charge in [0.2, 0.25) is 0 Å². The number of nitrogens with zero attached hydrogens (tertiary/aromatic N) is 2. The van der Waals surface area contributed by atoms with Crippen LogP contribution in [0.5, 0.6) is 0 Å². The Labute approximate surface area is 116 Å². The van der Waals surface area contributed by atoms with E-state index in [1.54, 1.807) is 6.20 Å². The third-order valence-corrected chi connectivity index (χ3v) is 3.92. The van der Waals surface area contributed by atoms with Crippen LogP contribution < -0.4 is 10.6 Å². The van der Waals surface area contributed by atoms with Gasteiger partial charge in [-0.25, -0.2) is 4.98 Å². The predicted molar refractivity (Wildman–Crippen MR) is 77.7 cm³/mol. The number of aromatic nitrogens is 1. The van der Waals surface area contributed by atoms with Gasteiger partial charge in [-0.3, -0.25) is 0 Å². The first-order chi connectivity index (χ1) is 8.72. The lowest BCUT2D eigenvalue weighted by Gasteiger charge is -2.35. The predicted octanol–water partition coefficient (Wildman–Crippen LogP) is 2.56. The molecule has 0 bridgehead atoms. The Morgan fingerprint density at radius 3 is 2.72 bits per heavy atom. The molecular weight excluding hydrogens is 294 g/mol. The lowest BCUT2D eigenvalue weighted by atomic mass is 9.94. The second-order valence-electron chi connectivity index (χ2n) is 4.78. The van der Waals surface area contributed by atoms with Crippen molar-refractivity contribution in [3.05, 3.63) is 16.7 Å². The van der Waals surface area contributed by atoms with E-state index >= 15 is 0 Å². The molecule has 0 unspecified atom stereocenters. The zero-order valence-corrected chi connectivity index (χ0v) is 12.1. The molecule has 18 heavy (non-hydrogen) atoms. The maximum absolute atomic E-state index is 9.25. The van der Waals surface area contributed by atoms with Crippen molar-refractivity contribution in [3.8, 4) is 0 Å². The van der Waals surface area contributed by atoms with Crippen molar-refractivity contribution in [2.24, 2.45) is 0 Å². The number of rotatable bonds is 4. The summed E-state index contributed by atoms with van der Waals surface area (Å²) in [4.78, 5) is 6.58. The zero-order chi connectivity index (χ0) is 13.0. The van der Waals surface area contributed by atoms with Gasteiger partial charge in [-0.15, -0.1) is 0 Å². The average Bonchev–Trinajstić information content (AvgIpc) is 2.38. The molecule has 100 valence electrons. The summed E-state index contributed by atoms with van der Waals surface area (Å²) >= 11 is 3.37. The van der Waals surface area contributed by atoms with Crippen molar-refractivity contribution in [1.82, 2.24) is 4.98 Å². The lowest BCUT2D eigenvalue weighted by Crippen LogP contribution is -2.39. The fraction of sp³-hybridized carbons (Fsp3) is 0.615. The Kier molecular flexibility index (Phi) is 4.83. The molecule has 1 aromatic rings. The molecule has 1 aliphatic rings. The van der Waals surface area contributed by atoms with Gasteiger partial charge >= 0.3 is 0 Å². The first kappa shape index (κ1) is 13.6. The molecule has 0 amide bonds. The monoisotopic (exact) mass is 313 g/mol. The van der Waals surface area contributed by atoms with Gasteiger partial charge in [-0.05, 0) is 34.8 Å². The number of nitrogen functional groups attached to an aromatic ring is 1. The molecule has 1 fully saturated rings. The summed E-state index contributed by atoms with van der Waals surface area (Å²) in [6.07, 6.45) is 7.91. The van der Waals surface area contributed by atoms with E-state index in [9.17, 15) is 5.11 Å². The summed E-state index contributed by atoms with van der Waals surface area (Å²) < 4.78 is 0.886. The van der Waals surface area contributed by atoms with Gasteiger partial charge < -0.3 is 15.7 Å². The van der Waals surface area contributed by atoms with Crippen LogP contribution in [0.1, 0.15) is 32.1 Å². The third-order valence-electron chi connectivity index (χ3n) is 3.49. The van der Waals surface area contributed by atoms with Crippen molar-refractivity contribution in [3.63, 3.8) is 0 Å². The fourth-order valence-electron chi connectivity index (χ4n) is 2.65. The highest BCUT2D eigenvalue weighted by Gasteiger charge is 2.23. The molecule has 0 aliphatic heterocycles. The van der Waals surface area contributed by atoms with E-state index in [-0.39, 0.29) is 6.61 Å². The van der Waals surface area contributed by atoms with Gasteiger partial charge in [0, 0.05) is 23.3 Å². The largest absolute Gasteiger partial charge is 0.396 e. The fourth-order valence-corrected chi connectivity index (χ4v) is 3.00. The molecule has 0 radical (unpaired) electrons. The van der Waals surface area contributed by atoms with Crippen LogP contribution in [0.3, 0.4) is 0 Å². The molecule has 0 saturated heterocycles. The van der Waals surface area contributed by atoms with E-state index in [1.807, 2.05) is 6.07 Å². The standard InChI is InChI=1S/C13H20BrN3O/c14-10-8-12(15)13(16-9-10)17(6-7-18)11-4-2-1-3-5-11/h8-9,11,18H,1-7,15H2. The molecule has 0 aromatic carbocycles. The van der Waals surface area contributed by atoms with Crippen LogP contribution in [0.25, 0.3) is 0 Å². The summed E-state index contributed by atoms with van der Waals surface area (Å²) in [6.45, 7) is 0.733. The molecule has 2 rings (SSSR count). The van der Waals surface area contributed by atoms with Gasteiger partial charge in [0.25, 0.3) is 0 Å². The first-order valence-corrected chi connectivity index (χ1v) is 7.30. The highest BCUT2D eigenvalue weighted by Crippen LogP contribution is 2.30. The number of aliphatic hydroxyl groups excluding tert-OH is 1. The molecule has 1 saturated carbocycles. The molecular formula is C13H20BrN3O. The Morgan fingerprint density at radius 1 is 1.39 bits per heavy atom. The minimum absolute atomic E-state index is 0.133. The van der Waals surface area contributed by atoms with Crippen LogP contribution in [0.2, 0.25) is 0 Å². The zero-order valence-electron chi connectivity index (χ0n) is 10.5. The summed E-state index contributed by atoms with van der Waals surface area (Å²) in [5.41, 5.74) is 6.71. The Hall–Kier alpha value is -0.810. The quantitative estimate of drug-likeness (QED) is 0.896. The summed E-state index contributed by atoms with van der Waals surface area (Å²) in [5, 5.41) is 9.25. The minimum atomic E-state index is 0.133.